The van der Waals surface area contributed by atoms with Gasteiger partial charge in [0.1, 0.15) is 18.0 Å². The minimum Gasteiger partial charge on any atom is -0.342 e. The number of hydrogen-bond donors (Lipinski definition) is 2. The molecule has 2 rings (SSSR count). The monoisotopic (exact) mass is 312 g/mol. The summed E-state index contributed by atoms with van der Waals surface area (Å²) in [5.74, 6) is -0.573. The summed E-state index contributed by atoms with van der Waals surface area (Å²) in [4.78, 5) is 15.8. The summed E-state index contributed by atoms with van der Waals surface area (Å²) in [5.41, 5.74) is -0.0178. The second kappa shape index (κ2) is 5.26. The van der Waals surface area contributed by atoms with Crippen molar-refractivity contribution in [3.8, 4) is 0 Å². The van der Waals surface area contributed by atoms with Gasteiger partial charge in [0.15, 0.2) is 0 Å². The first kappa shape index (κ1) is 12.7. The summed E-state index contributed by atoms with van der Waals surface area (Å²) < 4.78 is 14.0. The fraction of sp³-hybridized carbons (Fsp3) is 0.182. The largest absolute Gasteiger partial charge is 0.342 e. The molecule has 0 aliphatic heterocycles. The van der Waals surface area contributed by atoms with E-state index in [1.54, 1.807) is 13.0 Å². The second-order valence-electron chi connectivity index (χ2n) is 3.67. The van der Waals surface area contributed by atoms with Crippen molar-refractivity contribution in [3.05, 3.63) is 46.2 Å². The molecule has 1 aromatic heterocycles. The third-order valence-corrected chi connectivity index (χ3v) is 3.00. The Morgan fingerprint density at radius 1 is 1.56 bits per heavy atom. The van der Waals surface area contributed by atoms with E-state index in [-0.39, 0.29) is 16.1 Å². The fourth-order valence-electron chi connectivity index (χ4n) is 1.45. The lowest BCUT2D eigenvalue weighted by atomic mass is 10.2. The van der Waals surface area contributed by atoms with E-state index in [0.717, 1.165) is 0 Å². The van der Waals surface area contributed by atoms with E-state index in [1.807, 2.05) is 0 Å². The van der Waals surface area contributed by atoms with Crippen molar-refractivity contribution in [2.75, 3.05) is 0 Å². The molecule has 1 amide bonds. The maximum absolute atomic E-state index is 13.7. The van der Waals surface area contributed by atoms with Crippen LogP contribution in [0.2, 0.25) is 0 Å². The number of aromatic nitrogens is 3. The molecular formula is C11H10BrFN4O. The van der Waals surface area contributed by atoms with Gasteiger partial charge in [-0.1, -0.05) is 6.07 Å². The molecule has 1 unspecified atom stereocenters. The Morgan fingerprint density at radius 3 is 3.00 bits per heavy atom. The maximum atomic E-state index is 13.7. The minimum atomic E-state index is -0.584. The molecule has 0 saturated heterocycles. The van der Waals surface area contributed by atoms with Crippen LogP contribution < -0.4 is 5.32 Å². The van der Waals surface area contributed by atoms with Gasteiger partial charge in [-0.15, -0.1) is 0 Å². The molecule has 0 saturated carbocycles. The number of carbonyl (C=O) groups is 1. The van der Waals surface area contributed by atoms with E-state index < -0.39 is 11.7 Å². The Morgan fingerprint density at radius 2 is 2.33 bits per heavy atom. The number of aromatic amines is 1. The first-order valence-corrected chi connectivity index (χ1v) is 5.99. The van der Waals surface area contributed by atoms with E-state index in [2.05, 4.69) is 36.4 Å². The van der Waals surface area contributed by atoms with Gasteiger partial charge in [0.05, 0.1) is 16.1 Å². The SMILES string of the molecule is CC(NC(=O)c1cccc(Br)c1F)c1ncn[nH]1. The lowest BCUT2D eigenvalue weighted by Crippen LogP contribution is -2.28. The Hall–Kier alpha value is -1.76. The molecule has 1 atom stereocenters. The van der Waals surface area contributed by atoms with E-state index in [4.69, 9.17) is 0 Å². The zero-order valence-electron chi connectivity index (χ0n) is 9.45. The molecule has 1 heterocycles. The van der Waals surface area contributed by atoms with Crippen molar-refractivity contribution in [1.29, 1.82) is 0 Å². The smallest absolute Gasteiger partial charge is 0.254 e. The third kappa shape index (κ3) is 2.56. The molecule has 18 heavy (non-hydrogen) atoms. The van der Waals surface area contributed by atoms with Crippen LogP contribution in [0.25, 0.3) is 0 Å². The van der Waals surface area contributed by atoms with Gasteiger partial charge >= 0.3 is 0 Å². The number of H-pyrrole nitrogens is 1. The van der Waals surface area contributed by atoms with Crippen LogP contribution in [0.5, 0.6) is 0 Å². The van der Waals surface area contributed by atoms with Crippen molar-refractivity contribution < 1.29 is 9.18 Å². The van der Waals surface area contributed by atoms with Gasteiger partial charge in [0.2, 0.25) is 0 Å². The highest BCUT2D eigenvalue weighted by Crippen LogP contribution is 2.19. The zero-order chi connectivity index (χ0) is 13.1. The normalized spacial score (nSPS) is 12.2. The first-order valence-electron chi connectivity index (χ1n) is 5.19. The van der Waals surface area contributed by atoms with Gasteiger partial charge < -0.3 is 5.32 Å². The topological polar surface area (TPSA) is 70.7 Å². The highest BCUT2D eigenvalue weighted by atomic mass is 79.9. The zero-order valence-corrected chi connectivity index (χ0v) is 11.0. The van der Waals surface area contributed by atoms with Gasteiger partial charge in [-0.05, 0) is 35.0 Å². The number of hydrogen-bond acceptors (Lipinski definition) is 3. The maximum Gasteiger partial charge on any atom is 0.254 e. The van der Waals surface area contributed by atoms with E-state index in [9.17, 15) is 9.18 Å². The Kier molecular flexibility index (Phi) is 3.71. The lowest BCUT2D eigenvalue weighted by Gasteiger charge is -2.11. The van der Waals surface area contributed by atoms with Gasteiger partial charge in [-0.25, -0.2) is 9.37 Å². The van der Waals surface area contributed by atoms with Crippen LogP contribution in [0.1, 0.15) is 29.1 Å². The summed E-state index contributed by atoms with van der Waals surface area (Å²) in [7, 11) is 0. The summed E-state index contributed by atoms with van der Waals surface area (Å²) in [6, 6.07) is 4.17. The van der Waals surface area contributed by atoms with E-state index >= 15 is 0 Å². The van der Waals surface area contributed by atoms with Gasteiger partial charge in [-0.3, -0.25) is 9.89 Å². The van der Waals surface area contributed by atoms with Crippen molar-refractivity contribution >= 4 is 21.8 Å². The number of halogens is 2. The fourth-order valence-corrected chi connectivity index (χ4v) is 1.81. The van der Waals surface area contributed by atoms with Crippen molar-refractivity contribution in [3.63, 3.8) is 0 Å². The molecule has 2 aromatic rings. The average Bonchev–Trinajstić information content (AvgIpc) is 2.86. The Bertz CT molecular complexity index is 558. The van der Waals surface area contributed by atoms with Crippen molar-refractivity contribution in [1.82, 2.24) is 20.5 Å². The Labute approximate surface area is 111 Å². The summed E-state index contributed by atoms with van der Waals surface area (Å²) >= 11 is 3.04. The predicted molar refractivity (Wildman–Crippen MR) is 66.4 cm³/mol. The summed E-state index contributed by atoms with van der Waals surface area (Å²) in [6.45, 7) is 1.73. The Balaban J connectivity index is 2.15. The average molecular weight is 313 g/mol. The van der Waals surface area contributed by atoms with Crippen LogP contribution in [-0.4, -0.2) is 21.1 Å². The summed E-state index contributed by atoms with van der Waals surface area (Å²) in [6.07, 6.45) is 1.34. The number of benzene rings is 1. The van der Waals surface area contributed by atoms with Crippen molar-refractivity contribution in [2.45, 2.75) is 13.0 Å². The second-order valence-corrected chi connectivity index (χ2v) is 4.52. The van der Waals surface area contributed by atoms with Crippen LogP contribution >= 0.6 is 15.9 Å². The molecule has 0 aliphatic rings. The number of carbonyl (C=O) groups excluding carboxylic acids is 1. The highest BCUT2D eigenvalue weighted by Gasteiger charge is 2.17. The molecule has 0 fully saturated rings. The number of nitrogens with zero attached hydrogens (tertiary/aromatic N) is 2. The lowest BCUT2D eigenvalue weighted by molar-refractivity contribution is 0.0934. The molecule has 2 N–H and O–H groups in total. The third-order valence-electron chi connectivity index (χ3n) is 2.39. The highest BCUT2D eigenvalue weighted by molar-refractivity contribution is 9.10. The molecule has 0 aliphatic carbocycles. The number of rotatable bonds is 3. The summed E-state index contributed by atoms with van der Waals surface area (Å²) in [5, 5.41) is 8.96. The standard InChI is InChI=1S/C11H10BrFN4O/c1-6(10-14-5-15-17-10)16-11(18)7-3-2-4-8(12)9(7)13/h2-6H,1H3,(H,16,18)(H,14,15,17). The molecule has 1 aromatic carbocycles. The van der Waals surface area contributed by atoms with Crippen LogP contribution in [0.15, 0.2) is 29.0 Å². The van der Waals surface area contributed by atoms with Gasteiger partial charge in [0, 0.05) is 0 Å². The quantitative estimate of drug-likeness (QED) is 0.912. The minimum absolute atomic E-state index is 0.0178. The van der Waals surface area contributed by atoms with Crippen LogP contribution in [0, 0.1) is 5.82 Å². The van der Waals surface area contributed by atoms with Gasteiger partial charge in [0.25, 0.3) is 5.91 Å². The van der Waals surface area contributed by atoms with Gasteiger partial charge in [-0.2, -0.15) is 5.10 Å². The number of nitrogens with one attached hydrogen (secondary N) is 2. The predicted octanol–water partition coefficient (Wildman–Crippen LogP) is 2.20. The number of amides is 1. The van der Waals surface area contributed by atoms with Crippen LogP contribution in [-0.2, 0) is 0 Å². The molecule has 7 heteroatoms. The molecule has 5 nitrogen and oxygen atoms in total. The first-order chi connectivity index (χ1) is 8.59. The molecule has 0 bridgehead atoms. The van der Waals surface area contributed by atoms with Crippen LogP contribution in [0.3, 0.4) is 0 Å². The molecule has 0 spiro atoms. The molecule has 94 valence electrons. The van der Waals surface area contributed by atoms with E-state index in [1.165, 1.54) is 18.5 Å². The molecule has 0 radical (unpaired) electrons. The van der Waals surface area contributed by atoms with Crippen LogP contribution in [0.4, 0.5) is 4.39 Å². The van der Waals surface area contributed by atoms with E-state index in [0.29, 0.717) is 5.82 Å². The van der Waals surface area contributed by atoms with Crippen molar-refractivity contribution in [2.24, 2.45) is 0 Å². The molecular weight excluding hydrogens is 303 g/mol.